The molecule has 0 bridgehead atoms. The monoisotopic (exact) mass is 285 g/mol. The predicted molar refractivity (Wildman–Crippen MR) is 66.4 cm³/mol. The molecular weight excluding hydrogens is 274 g/mol. The maximum atomic E-state index is 13.3. The summed E-state index contributed by atoms with van der Waals surface area (Å²) < 4.78 is 53.7. The number of nitrogens with two attached hydrogens (primary N) is 1. The van der Waals surface area contributed by atoms with Gasteiger partial charge in [-0.3, -0.25) is 0 Å². The highest BCUT2D eigenvalue weighted by atomic mass is 19.4. The topological polar surface area (TPSA) is 35.2 Å². The Morgan fingerprint density at radius 2 is 1.70 bits per heavy atom. The summed E-state index contributed by atoms with van der Waals surface area (Å²) in [5, 5.41) is 0. The van der Waals surface area contributed by atoms with Crippen LogP contribution in [0.5, 0.6) is 5.75 Å². The van der Waals surface area contributed by atoms with Crippen molar-refractivity contribution < 1.29 is 22.3 Å². The van der Waals surface area contributed by atoms with Crippen LogP contribution in [0.2, 0.25) is 0 Å². The van der Waals surface area contributed by atoms with Gasteiger partial charge in [-0.05, 0) is 35.4 Å². The Hall–Kier alpha value is -2.08. The van der Waals surface area contributed by atoms with Crippen LogP contribution in [0.15, 0.2) is 42.5 Å². The molecule has 2 rings (SSSR count). The number of benzene rings is 2. The van der Waals surface area contributed by atoms with E-state index in [0.29, 0.717) is 16.7 Å². The number of ether oxygens (including phenoxy) is 1. The van der Waals surface area contributed by atoms with Gasteiger partial charge in [0.1, 0.15) is 11.6 Å². The molecule has 0 saturated carbocycles. The number of rotatable bonds is 3. The number of hydrogen-bond acceptors (Lipinski definition) is 2. The van der Waals surface area contributed by atoms with Gasteiger partial charge in [0.25, 0.3) is 0 Å². The molecule has 2 aromatic rings. The zero-order valence-corrected chi connectivity index (χ0v) is 10.2. The smallest absolute Gasteiger partial charge is 0.406 e. The fraction of sp³-hybridized carbons (Fsp3) is 0.143. The molecule has 0 fully saturated rings. The minimum atomic E-state index is -4.75. The van der Waals surface area contributed by atoms with Gasteiger partial charge in [-0.25, -0.2) is 4.39 Å². The first-order chi connectivity index (χ1) is 9.39. The largest absolute Gasteiger partial charge is 0.573 e. The van der Waals surface area contributed by atoms with Crippen LogP contribution in [-0.4, -0.2) is 6.36 Å². The lowest BCUT2D eigenvalue weighted by atomic mass is 10.0. The lowest BCUT2D eigenvalue weighted by molar-refractivity contribution is -0.274. The molecule has 2 nitrogen and oxygen atoms in total. The van der Waals surface area contributed by atoms with Crippen molar-refractivity contribution in [3.05, 3.63) is 53.8 Å². The minimum absolute atomic E-state index is 0.0123. The first kappa shape index (κ1) is 14.3. The van der Waals surface area contributed by atoms with Crippen LogP contribution < -0.4 is 10.5 Å². The van der Waals surface area contributed by atoms with E-state index in [9.17, 15) is 17.6 Å². The van der Waals surface area contributed by atoms with Crippen LogP contribution in [0.3, 0.4) is 0 Å². The third kappa shape index (κ3) is 3.48. The first-order valence-corrected chi connectivity index (χ1v) is 5.74. The average molecular weight is 285 g/mol. The second-order valence-corrected chi connectivity index (χ2v) is 4.09. The lowest BCUT2D eigenvalue weighted by Crippen LogP contribution is -2.17. The average Bonchev–Trinajstić information content (AvgIpc) is 2.37. The highest BCUT2D eigenvalue weighted by Crippen LogP contribution is 2.28. The van der Waals surface area contributed by atoms with Crippen LogP contribution in [0, 0.1) is 5.82 Å². The molecule has 0 spiro atoms. The SMILES string of the molecule is NCc1cc(-c2cccc(OC(F)(F)F)c2)ccc1F. The molecule has 106 valence electrons. The molecule has 20 heavy (non-hydrogen) atoms. The van der Waals surface area contributed by atoms with Crippen LogP contribution in [-0.2, 0) is 6.54 Å². The molecule has 0 saturated heterocycles. The van der Waals surface area contributed by atoms with Gasteiger partial charge in [-0.2, -0.15) is 0 Å². The van der Waals surface area contributed by atoms with E-state index in [2.05, 4.69) is 4.74 Å². The van der Waals surface area contributed by atoms with Crippen molar-refractivity contribution in [1.82, 2.24) is 0 Å². The van der Waals surface area contributed by atoms with Crippen LogP contribution >= 0.6 is 0 Å². The minimum Gasteiger partial charge on any atom is -0.406 e. The summed E-state index contributed by atoms with van der Waals surface area (Å²) in [6.07, 6.45) is -4.75. The van der Waals surface area contributed by atoms with Crippen molar-refractivity contribution in [3.63, 3.8) is 0 Å². The Morgan fingerprint density at radius 3 is 2.35 bits per heavy atom. The van der Waals surface area contributed by atoms with Crippen molar-refractivity contribution in [1.29, 1.82) is 0 Å². The second kappa shape index (κ2) is 5.50. The molecule has 2 aromatic carbocycles. The molecule has 0 aliphatic rings. The molecular formula is C14H11F4NO. The van der Waals surface area contributed by atoms with E-state index >= 15 is 0 Å². The van der Waals surface area contributed by atoms with Crippen LogP contribution in [0.1, 0.15) is 5.56 Å². The molecule has 0 aliphatic heterocycles. The zero-order valence-electron chi connectivity index (χ0n) is 10.2. The van der Waals surface area contributed by atoms with E-state index < -0.39 is 12.2 Å². The highest BCUT2D eigenvalue weighted by Gasteiger charge is 2.31. The number of hydrogen-bond donors (Lipinski definition) is 1. The van der Waals surface area contributed by atoms with Crippen molar-refractivity contribution >= 4 is 0 Å². The summed E-state index contributed by atoms with van der Waals surface area (Å²) in [4.78, 5) is 0. The molecule has 6 heteroatoms. The molecule has 0 unspecified atom stereocenters. The Morgan fingerprint density at radius 1 is 1.00 bits per heavy atom. The van der Waals surface area contributed by atoms with E-state index in [-0.39, 0.29) is 12.3 Å². The van der Waals surface area contributed by atoms with Crippen molar-refractivity contribution in [2.24, 2.45) is 5.73 Å². The summed E-state index contributed by atoms with van der Waals surface area (Å²) in [6.45, 7) is 0.0123. The highest BCUT2D eigenvalue weighted by molar-refractivity contribution is 5.65. The van der Waals surface area contributed by atoms with Gasteiger partial charge < -0.3 is 10.5 Å². The fourth-order valence-corrected chi connectivity index (χ4v) is 1.78. The van der Waals surface area contributed by atoms with E-state index in [1.807, 2.05) is 0 Å². The molecule has 0 atom stereocenters. The molecule has 2 N–H and O–H groups in total. The van der Waals surface area contributed by atoms with Crippen molar-refractivity contribution in [3.8, 4) is 16.9 Å². The van der Waals surface area contributed by atoms with Gasteiger partial charge in [0, 0.05) is 12.1 Å². The molecule has 0 aromatic heterocycles. The van der Waals surface area contributed by atoms with Gasteiger partial charge in [0.05, 0.1) is 0 Å². The number of halogens is 4. The Kier molecular flexibility index (Phi) is 3.94. The summed E-state index contributed by atoms with van der Waals surface area (Å²) in [7, 11) is 0. The Bertz CT molecular complexity index is 610. The van der Waals surface area contributed by atoms with E-state index in [4.69, 9.17) is 5.73 Å². The van der Waals surface area contributed by atoms with Crippen LogP contribution in [0.25, 0.3) is 11.1 Å². The third-order valence-corrected chi connectivity index (χ3v) is 2.67. The summed E-state index contributed by atoms with van der Waals surface area (Å²) in [5.41, 5.74) is 6.75. The standard InChI is InChI=1S/C14H11F4NO/c15-13-5-4-10(6-11(13)8-19)9-2-1-3-12(7-9)20-14(16,17)18/h1-7H,8,19H2. The summed E-state index contributed by atoms with van der Waals surface area (Å²) in [5.74, 6) is -0.771. The second-order valence-electron chi connectivity index (χ2n) is 4.09. The third-order valence-electron chi connectivity index (χ3n) is 2.67. The van der Waals surface area contributed by atoms with Crippen molar-refractivity contribution in [2.75, 3.05) is 0 Å². The maximum Gasteiger partial charge on any atom is 0.573 e. The van der Waals surface area contributed by atoms with Gasteiger partial charge in [-0.1, -0.05) is 18.2 Å². The summed E-state index contributed by atoms with van der Waals surface area (Å²) >= 11 is 0. The normalized spacial score (nSPS) is 11.4. The van der Waals surface area contributed by atoms with E-state index in [1.165, 1.54) is 36.4 Å². The van der Waals surface area contributed by atoms with Crippen LogP contribution in [0.4, 0.5) is 17.6 Å². The van der Waals surface area contributed by atoms with E-state index in [1.54, 1.807) is 6.07 Å². The van der Waals surface area contributed by atoms with E-state index in [0.717, 1.165) is 0 Å². The zero-order chi connectivity index (χ0) is 14.8. The van der Waals surface area contributed by atoms with Gasteiger partial charge in [0.15, 0.2) is 0 Å². The quantitative estimate of drug-likeness (QED) is 0.869. The van der Waals surface area contributed by atoms with Gasteiger partial charge in [-0.15, -0.1) is 13.2 Å². The lowest BCUT2D eigenvalue weighted by Gasteiger charge is -2.11. The number of alkyl halides is 3. The van der Waals surface area contributed by atoms with Gasteiger partial charge >= 0.3 is 6.36 Å². The Labute approximate surface area is 112 Å². The first-order valence-electron chi connectivity index (χ1n) is 5.74. The molecule has 0 heterocycles. The van der Waals surface area contributed by atoms with Crippen molar-refractivity contribution in [2.45, 2.75) is 12.9 Å². The van der Waals surface area contributed by atoms with Gasteiger partial charge in [0.2, 0.25) is 0 Å². The maximum absolute atomic E-state index is 13.3. The molecule has 0 aliphatic carbocycles. The Balaban J connectivity index is 2.36. The predicted octanol–water partition coefficient (Wildman–Crippen LogP) is 3.85. The molecule has 0 radical (unpaired) electrons. The summed E-state index contributed by atoms with van der Waals surface area (Å²) in [6, 6.07) is 9.68. The molecule has 0 amide bonds. The fourth-order valence-electron chi connectivity index (χ4n) is 1.78.